The number of carbonyl (C=O) groups is 1. The maximum atomic E-state index is 10.9. The van der Waals surface area contributed by atoms with Gasteiger partial charge in [-0.2, -0.15) is 0 Å². The van der Waals surface area contributed by atoms with Crippen LogP contribution in [-0.2, 0) is 4.79 Å². The fourth-order valence-electron chi connectivity index (χ4n) is 4.85. The van der Waals surface area contributed by atoms with E-state index in [2.05, 4.69) is 0 Å². The zero-order valence-corrected chi connectivity index (χ0v) is 9.37. The molecule has 4 saturated carbocycles. The van der Waals surface area contributed by atoms with Gasteiger partial charge in [-0.3, -0.25) is 4.79 Å². The predicted octanol–water partition coefficient (Wildman–Crippen LogP) is 2.47. The van der Waals surface area contributed by atoms with E-state index >= 15 is 0 Å². The van der Waals surface area contributed by atoms with Crippen molar-refractivity contribution in [1.29, 1.82) is 0 Å². The zero-order chi connectivity index (χ0) is 10.5. The molecule has 4 atom stereocenters. The molecule has 0 aromatic rings. The Balaban J connectivity index is 1.77. The second-order valence-electron chi connectivity index (χ2n) is 6.12. The Hall–Kier alpha value is -0.530. The van der Waals surface area contributed by atoms with Crippen LogP contribution in [0.1, 0.15) is 51.4 Å². The Kier molecular flexibility index (Phi) is 2.08. The van der Waals surface area contributed by atoms with Gasteiger partial charge < -0.3 is 5.73 Å². The van der Waals surface area contributed by atoms with Gasteiger partial charge in [0.2, 0.25) is 5.91 Å². The first-order chi connectivity index (χ1) is 7.20. The second-order valence-corrected chi connectivity index (χ2v) is 6.12. The highest BCUT2D eigenvalue weighted by Crippen LogP contribution is 2.66. The summed E-state index contributed by atoms with van der Waals surface area (Å²) >= 11 is 0. The summed E-state index contributed by atoms with van der Waals surface area (Å²) in [5.74, 6) is 2.83. The molecular weight excluding hydrogens is 186 g/mol. The van der Waals surface area contributed by atoms with Gasteiger partial charge in [-0.05, 0) is 55.3 Å². The first-order valence-corrected chi connectivity index (χ1v) is 6.48. The Morgan fingerprint density at radius 3 is 2.87 bits per heavy atom. The Morgan fingerprint density at radius 2 is 2.07 bits per heavy atom. The van der Waals surface area contributed by atoms with Crippen LogP contribution in [0.3, 0.4) is 0 Å². The Bertz CT molecular complexity index is 288. The molecule has 4 bridgehead atoms. The van der Waals surface area contributed by atoms with Gasteiger partial charge in [0.05, 0.1) is 0 Å². The maximum Gasteiger partial charge on any atom is 0.217 e. The number of hydrogen-bond donors (Lipinski definition) is 1. The molecule has 1 amide bonds. The fraction of sp³-hybridized carbons (Fsp3) is 0.923. The predicted molar refractivity (Wildman–Crippen MR) is 59.0 cm³/mol. The van der Waals surface area contributed by atoms with Gasteiger partial charge in [-0.1, -0.05) is 12.8 Å². The number of fused-ring (bicyclic) bond motifs is 2. The SMILES string of the molecule is NC(=O)CCC12CC3CCCC1CC3C2. The first-order valence-electron chi connectivity index (χ1n) is 6.48. The molecule has 84 valence electrons. The van der Waals surface area contributed by atoms with Crippen LogP contribution < -0.4 is 5.73 Å². The van der Waals surface area contributed by atoms with Crippen molar-refractivity contribution in [3.63, 3.8) is 0 Å². The topological polar surface area (TPSA) is 43.1 Å². The molecular formula is C13H21NO. The molecule has 0 aliphatic heterocycles. The summed E-state index contributed by atoms with van der Waals surface area (Å²) in [6, 6.07) is 0. The molecule has 15 heavy (non-hydrogen) atoms. The van der Waals surface area contributed by atoms with E-state index in [1.165, 1.54) is 38.5 Å². The van der Waals surface area contributed by atoms with Crippen molar-refractivity contribution >= 4 is 5.91 Å². The number of primary amides is 1. The van der Waals surface area contributed by atoms with Crippen LogP contribution in [0.4, 0.5) is 0 Å². The lowest BCUT2D eigenvalue weighted by molar-refractivity contribution is -0.118. The summed E-state index contributed by atoms with van der Waals surface area (Å²) in [4.78, 5) is 10.9. The van der Waals surface area contributed by atoms with E-state index in [0.29, 0.717) is 11.8 Å². The molecule has 2 heteroatoms. The van der Waals surface area contributed by atoms with Crippen LogP contribution in [0.15, 0.2) is 0 Å². The van der Waals surface area contributed by atoms with Crippen molar-refractivity contribution in [1.82, 2.24) is 0 Å². The first kappa shape index (κ1) is 9.68. The van der Waals surface area contributed by atoms with E-state index in [-0.39, 0.29) is 5.91 Å². The molecule has 4 unspecified atom stereocenters. The van der Waals surface area contributed by atoms with Gasteiger partial charge in [0.1, 0.15) is 0 Å². The molecule has 0 heterocycles. The molecule has 2 N–H and O–H groups in total. The molecule has 4 aliphatic carbocycles. The van der Waals surface area contributed by atoms with Crippen molar-refractivity contribution in [3.8, 4) is 0 Å². The van der Waals surface area contributed by atoms with Crippen molar-refractivity contribution < 1.29 is 4.79 Å². The van der Waals surface area contributed by atoms with E-state index in [0.717, 1.165) is 24.2 Å². The van der Waals surface area contributed by atoms with Gasteiger partial charge >= 0.3 is 0 Å². The van der Waals surface area contributed by atoms with Crippen molar-refractivity contribution in [3.05, 3.63) is 0 Å². The smallest absolute Gasteiger partial charge is 0.217 e. The Labute approximate surface area is 91.6 Å². The molecule has 4 fully saturated rings. The average molecular weight is 207 g/mol. The molecule has 0 radical (unpaired) electrons. The van der Waals surface area contributed by atoms with E-state index in [1.807, 2.05) is 0 Å². The van der Waals surface area contributed by atoms with Crippen LogP contribution in [0.5, 0.6) is 0 Å². The molecule has 0 saturated heterocycles. The highest BCUT2D eigenvalue weighted by Gasteiger charge is 2.56. The molecule has 4 rings (SSSR count). The van der Waals surface area contributed by atoms with Gasteiger partial charge in [0.15, 0.2) is 0 Å². The minimum atomic E-state index is -0.103. The quantitative estimate of drug-likeness (QED) is 0.759. The van der Waals surface area contributed by atoms with Gasteiger partial charge in [0.25, 0.3) is 0 Å². The fourth-order valence-corrected chi connectivity index (χ4v) is 4.85. The van der Waals surface area contributed by atoms with Crippen LogP contribution in [0.2, 0.25) is 0 Å². The third kappa shape index (κ3) is 1.41. The minimum Gasteiger partial charge on any atom is -0.370 e. The highest BCUT2D eigenvalue weighted by atomic mass is 16.1. The van der Waals surface area contributed by atoms with E-state index in [1.54, 1.807) is 0 Å². The third-order valence-corrected chi connectivity index (χ3v) is 5.45. The Morgan fingerprint density at radius 1 is 1.27 bits per heavy atom. The zero-order valence-electron chi connectivity index (χ0n) is 9.37. The number of carbonyl (C=O) groups excluding carboxylic acids is 1. The molecule has 0 aromatic carbocycles. The van der Waals surface area contributed by atoms with Crippen LogP contribution >= 0.6 is 0 Å². The molecule has 0 spiro atoms. The number of amides is 1. The highest BCUT2D eigenvalue weighted by molar-refractivity contribution is 5.73. The number of hydrogen-bond acceptors (Lipinski definition) is 1. The van der Waals surface area contributed by atoms with Crippen LogP contribution in [0, 0.1) is 23.2 Å². The van der Waals surface area contributed by atoms with Gasteiger partial charge in [-0.15, -0.1) is 0 Å². The average Bonchev–Trinajstić information content (AvgIpc) is 2.57. The molecule has 2 nitrogen and oxygen atoms in total. The number of rotatable bonds is 3. The summed E-state index contributed by atoms with van der Waals surface area (Å²) in [6.07, 6.45) is 10.3. The number of nitrogens with two attached hydrogens (primary N) is 1. The van der Waals surface area contributed by atoms with Crippen LogP contribution in [0.25, 0.3) is 0 Å². The van der Waals surface area contributed by atoms with Crippen molar-refractivity contribution in [2.75, 3.05) is 0 Å². The van der Waals surface area contributed by atoms with E-state index in [9.17, 15) is 4.79 Å². The molecule has 4 aliphatic rings. The monoisotopic (exact) mass is 207 g/mol. The van der Waals surface area contributed by atoms with Gasteiger partial charge in [-0.25, -0.2) is 0 Å². The summed E-state index contributed by atoms with van der Waals surface area (Å²) < 4.78 is 0. The lowest BCUT2D eigenvalue weighted by Crippen LogP contribution is -2.27. The summed E-state index contributed by atoms with van der Waals surface area (Å²) in [5.41, 5.74) is 5.84. The third-order valence-electron chi connectivity index (χ3n) is 5.45. The second kappa shape index (κ2) is 3.23. The maximum absolute atomic E-state index is 10.9. The largest absolute Gasteiger partial charge is 0.370 e. The lowest BCUT2D eigenvalue weighted by Gasteiger charge is -2.35. The lowest BCUT2D eigenvalue weighted by atomic mass is 9.70. The van der Waals surface area contributed by atoms with Gasteiger partial charge in [0, 0.05) is 6.42 Å². The van der Waals surface area contributed by atoms with Crippen molar-refractivity contribution in [2.45, 2.75) is 51.4 Å². The van der Waals surface area contributed by atoms with Crippen LogP contribution in [-0.4, -0.2) is 5.91 Å². The summed E-state index contributed by atoms with van der Waals surface area (Å²) in [5, 5.41) is 0. The summed E-state index contributed by atoms with van der Waals surface area (Å²) in [6.45, 7) is 0. The minimum absolute atomic E-state index is 0.103. The van der Waals surface area contributed by atoms with E-state index in [4.69, 9.17) is 5.73 Å². The van der Waals surface area contributed by atoms with E-state index < -0.39 is 0 Å². The van der Waals surface area contributed by atoms with Crippen molar-refractivity contribution in [2.24, 2.45) is 28.9 Å². The molecule has 0 aromatic heterocycles. The standard InChI is InChI=1S/C13H21NO/c14-12(15)4-5-13-7-9-2-1-3-11(13)6-10(9)8-13/h9-11H,1-8H2,(H2,14,15). The summed E-state index contributed by atoms with van der Waals surface area (Å²) in [7, 11) is 0. The normalized spacial score (nSPS) is 47.1.